The standard InChI is InChI=1S/C18H19N5O2/c1-19-17(24)9-8-16-20-13-4-2-3-5-15(13)23(16)11-6-7-12-14(10-11)22-18(25)21-12/h2-7,10,18,21-22,25H,8-9H2,1H3,(H,19,24). The third kappa shape index (κ3) is 2.78. The van der Waals surface area contributed by atoms with Crippen LogP contribution in [-0.2, 0) is 11.2 Å². The van der Waals surface area contributed by atoms with Crippen LogP contribution in [0.15, 0.2) is 42.5 Å². The maximum Gasteiger partial charge on any atom is 0.220 e. The predicted molar refractivity (Wildman–Crippen MR) is 96.7 cm³/mol. The van der Waals surface area contributed by atoms with Crippen LogP contribution in [0.2, 0.25) is 0 Å². The molecule has 2 heterocycles. The van der Waals surface area contributed by atoms with Gasteiger partial charge in [-0.3, -0.25) is 9.36 Å². The molecule has 1 unspecified atom stereocenters. The number of hydrogen-bond donors (Lipinski definition) is 4. The summed E-state index contributed by atoms with van der Waals surface area (Å²) in [6, 6.07) is 13.8. The van der Waals surface area contributed by atoms with E-state index in [-0.39, 0.29) is 5.91 Å². The first kappa shape index (κ1) is 15.5. The highest BCUT2D eigenvalue weighted by Gasteiger charge is 2.19. The van der Waals surface area contributed by atoms with Gasteiger partial charge in [0, 0.05) is 25.6 Å². The second-order valence-electron chi connectivity index (χ2n) is 5.95. The molecule has 0 aliphatic carbocycles. The van der Waals surface area contributed by atoms with E-state index < -0.39 is 6.35 Å². The van der Waals surface area contributed by atoms with Crippen molar-refractivity contribution in [3.63, 3.8) is 0 Å². The molecule has 1 aliphatic heterocycles. The quantitative estimate of drug-likeness (QED) is 0.583. The maximum absolute atomic E-state index is 11.6. The molecule has 4 rings (SSSR count). The van der Waals surface area contributed by atoms with Gasteiger partial charge in [-0.15, -0.1) is 0 Å². The van der Waals surface area contributed by atoms with Crippen LogP contribution in [0.5, 0.6) is 0 Å². The van der Waals surface area contributed by atoms with Crippen LogP contribution in [-0.4, -0.2) is 34.0 Å². The van der Waals surface area contributed by atoms with Crippen molar-refractivity contribution < 1.29 is 9.90 Å². The van der Waals surface area contributed by atoms with E-state index in [9.17, 15) is 9.90 Å². The number of aliphatic hydroxyl groups is 1. The zero-order valence-corrected chi connectivity index (χ0v) is 13.8. The van der Waals surface area contributed by atoms with E-state index in [2.05, 4.69) is 20.5 Å². The topological polar surface area (TPSA) is 91.2 Å². The van der Waals surface area contributed by atoms with Crippen LogP contribution in [0.3, 0.4) is 0 Å². The van der Waals surface area contributed by atoms with Crippen LogP contribution in [0.1, 0.15) is 12.2 Å². The van der Waals surface area contributed by atoms with E-state index in [1.165, 1.54) is 0 Å². The number of aromatic nitrogens is 2. The number of rotatable bonds is 4. The van der Waals surface area contributed by atoms with Gasteiger partial charge in [-0.1, -0.05) is 12.1 Å². The summed E-state index contributed by atoms with van der Waals surface area (Å²) < 4.78 is 2.06. The van der Waals surface area contributed by atoms with Crippen molar-refractivity contribution in [2.45, 2.75) is 19.2 Å². The lowest BCUT2D eigenvalue weighted by Crippen LogP contribution is -2.20. The van der Waals surface area contributed by atoms with Gasteiger partial charge in [0.15, 0.2) is 0 Å². The largest absolute Gasteiger partial charge is 0.359 e. The summed E-state index contributed by atoms with van der Waals surface area (Å²) in [5.41, 5.74) is 4.50. The highest BCUT2D eigenvalue weighted by molar-refractivity contribution is 5.81. The maximum atomic E-state index is 11.6. The average molecular weight is 337 g/mol. The SMILES string of the molecule is CNC(=O)CCc1nc2ccccc2n1-c1ccc2c(c1)NC(O)N2. The van der Waals surface area contributed by atoms with Gasteiger partial charge in [0.2, 0.25) is 12.3 Å². The Morgan fingerprint density at radius 1 is 1.24 bits per heavy atom. The Hall–Kier alpha value is -3.06. The number of nitrogens with zero attached hydrogens (tertiary/aromatic N) is 2. The van der Waals surface area contributed by atoms with Gasteiger partial charge >= 0.3 is 0 Å². The minimum Gasteiger partial charge on any atom is -0.359 e. The Bertz CT molecular complexity index is 950. The van der Waals surface area contributed by atoms with Gasteiger partial charge < -0.3 is 21.1 Å². The number of benzene rings is 2. The molecule has 1 atom stereocenters. The number of aliphatic hydroxyl groups excluding tert-OH is 1. The number of anilines is 2. The lowest BCUT2D eigenvalue weighted by molar-refractivity contribution is -0.120. The summed E-state index contributed by atoms with van der Waals surface area (Å²) in [4.78, 5) is 16.3. The van der Waals surface area contributed by atoms with Crippen molar-refractivity contribution in [1.82, 2.24) is 14.9 Å². The Kier molecular flexibility index (Phi) is 3.77. The number of amides is 1. The molecule has 128 valence electrons. The van der Waals surface area contributed by atoms with E-state index in [0.717, 1.165) is 33.9 Å². The number of hydrogen-bond acceptors (Lipinski definition) is 5. The number of carbonyl (C=O) groups is 1. The molecule has 0 radical (unpaired) electrons. The lowest BCUT2D eigenvalue weighted by atomic mass is 10.2. The third-order valence-corrected chi connectivity index (χ3v) is 4.33. The molecule has 0 bridgehead atoms. The van der Waals surface area contributed by atoms with E-state index >= 15 is 0 Å². The summed E-state index contributed by atoms with van der Waals surface area (Å²) >= 11 is 0. The van der Waals surface area contributed by atoms with Gasteiger partial charge in [-0.25, -0.2) is 4.98 Å². The predicted octanol–water partition coefficient (Wildman–Crippen LogP) is 1.82. The first-order chi connectivity index (χ1) is 12.2. The monoisotopic (exact) mass is 337 g/mol. The molecule has 7 heteroatoms. The van der Waals surface area contributed by atoms with E-state index in [4.69, 9.17) is 4.98 Å². The van der Waals surface area contributed by atoms with Gasteiger partial charge in [0.05, 0.1) is 22.4 Å². The van der Waals surface area contributed by atoms with Crippen molar-refractivity contribution in [3.8, 4) is 5.69 Å². The van der Waals surface area contributed by atoms with Gasteiger partial charge in [-0.05, 0) is 30.3 Å². The molecule has 0 fully saturated rings. The summed E-state index contributed by atoms with van der Waals surface area (Å²) in [6.45, 7) is 0. The minimum absolute atomic E-state index is 0.0125. The molecule has 1 aliphatic rings. The van der Waals surface area contributed by atoms with Crippen LogP contribution in [0, 0.1) is 0 Å². The third-order valence-electron chi connectivity index (χ3n) is 4.33. The van der Waals surface area contributed by atoms with Crippen molar-refractivity contribution in [2.24, 2.45) is 0 Å². The summed E-state index contributed by atoms with van der Waals surface area (Å²) in [6.07, 6.45) is 0.140. The van der Waals surface area contributed by atoms with Crippen molar-refractivity contribution >= 4 is 28.3 Å². The normalized spacial score (nSPS) is 15.5. The Balaban J connectivity index is 1.80. The van der Waals surface area contributed by atoms with Crippen LogP contribution >= 0.6 is 0 Å². The van der Waals surface area contributed by atoms with Crippen LogP contribution in [0.25, 0.3) is 16.7 Å². The number of aryl methyl sites for hydroxylation is 1. The Morgan fingerprint density at radius 2 is 2.04 bits per heavy atom. The van der Waals surface area contributed by atoms with Crippen LogP contribution in [0.4, 0.5) is 11.4 Å². The number of carbonyl (C=O) groups excluding carboxylic acids is 1. The fraction of sp³-hybridized carbons (Fsp3) is 0.222. The molecule has 1 amide bonds. The minimum atomic E-state index is -0.780. The first-order valence-corrected chi connectivity index (χ1v) is 8.18. The fourth-order valence-corrected chi connectivity index (χ4v) is 3.13. The molecule has 4 N–H and O–H groups in total. The molecule has 3 aromatic rings. The summed E-state index contributed by atoms with van der Waals surface area (Å²) in [5, 5.41) is 18.2. The van der Waals surface area contributed by atoms with Gasteiger partial charge in [0.25, 0.3) is 0 Å². The first-order valence-electron chi connectivity index (χ1n) is 8.18. The number of imidazole rings is 1. The molecule has 1 aromatic heterocycles. The molecule has 2 aromatic carbocycles. The van der Waals surface area contributed by atoms with Crippen molar-refractivity contribution in [3.05, 3.63) is 48.3 Å². The Labute approximate surface area is 144 Å². The average Bonchev–Trinajstić information content (AvgIpc) is 3.17. The lowest BCUT2D eigenvalue weighted by Gasteiger charge is -2.11. The second-order valence-corrected chi connectivity index (χ2v) is 5.95. The molecule has 0 saturated carbocycles. The van der Waals surface area contributed by atoms with Gasteiger partial charge in [-0.2, -0.15) is 0 Å². The van der Waals surface area contributed by atoms with Crippen molar-refractivity contribution in [1.29, 1.82) is 0 Å². The van der Waals surface area contributed by atoms with Crippen LogP contribution < -0.4 is 16.0 Å². The molecule has 0 spiro atoms. The highest BCUT2D eigenvalue weighted by Crippen LogP contribution is 2.32. The summed E-state index contributed by atoms with van der Waals surface area (Å²) in [7, 11) is 1.63. The number of nitrogens with one attached hydrogen (secondary N) is 3. The van der Waals surface area contributed by atoms with E-state index in [1.807, 2.05) is 42.5 Å². The number of para-hydroxylation sites is 2. The molecular formula is C18H19N5O2. The number of fused-ring (bicyclic) bond motifs is 2. The second kappa shape index (κ2) is 6.10. The molecule has 0 saturated heterocycles. The highest BCUT2D eigenvalue weighted by atomic mass is 16.3. The summed E-state index contributed by atoms with van der Waals surface area (Å²) in [5.74, 6) is 0.817. The van der Waals surface area contributed by atoms with Gasteiger partial charge in [0.1, 0.15) is 5.82 Å². The zero-order chi connectivity index (χ0) is 17.4. The smallest absolute Gasteiger partial charge is 0.220 e. The molecule has 25 heavy (non-hydrogen) atoms. The Morgan fingerprint density at radius 3 is 2.88 bits per heavy atom. The molecule has 7 nitrogen and oxygen atoms in total. The van der Waals surface area contributed by atoms with E-state index in [1.54, 1.807) is 7.05 Å². The van der Waals surface area contributed by atoms with Crippen molar-refractivity contribution in [2.75, 3.05) is 17.7 Å². The zero-order valence-electron chi connectivity index (χ0n) is 13.8. The fourth-order valence-electron chi connectivity index (χ4n) is 3.13. The van der Waals surface area contributed by atoms with E-state index in [0.29, 0.717) is 12.8 Å². The molecular weight excluding hydrogens is 318 g/mol.